The van der Waals surface area contributed by atoms with Crippen molar-refractivity contribution in [2.75, 3.05) is 33.9 Å². The smallest absolute Gasteiger partial charge is 0.275 e. The van der Waals surface area contributed by atoms with E-state index in [0.29, 0.717) is 88.9 Å². The monoisotopic (exact) mass is 1690 g/mol. The van der Waals surface area contributed by atoms with Crippen LogP contribution in [-0.4, -0.2) is 137 Å². The first kappa shape index (κ1) is 90.8. The Kier molecular flexibility index (Phi) is 29.6. The van der Waals surface area contributed by atoms with Gasteiger partial charge < -0.3 is 57.2 Å². The van der Waals surface area contributed by atoms with E-state index in [1.54, 1.807) is 79.0 Å². The normalized spacial score (nSPS) is 19.6. The van der Waals surface area contributed by atoms with Crippen molar-refractivity contribution in [3.05, 3.63) is 295 Å². The molecule has 3 spiro atoms. The van der Waals surface area contributed by atoms with Crippen molar-refractivity contribution < 1.29 is 70.7 Å². The summed E-state index contributed by atoms with van der Waals surface area (Å²) in [5.74, 6) is -4.58. The van der Waals surface area contributed by atoms with E-state index in [4.69, 9.17) is 58.5 Å². The van der Waals surface area contributed by atoms with Crippen LogP contribution in [0.4, 0.5) is 13.2 Å². The summed E-state index contributed by atoms with van der Waals surface area (Å²) in [4.78, 5) is 127. The lowest BCUT2D eigenvalue weighted by atomic mass is 9.71. The molecule has 0 atom stereocenters. The highest BCUT2D eigenvalue weighted by Crippen LogP contribution is 2.48. The van der Waals surface area contributed by atoms with Gasteiger partial charge in [-0.1, -0.05) is 184 Å². The van der Waals surface area contributed by atoms with Crippen molar-refractivity contribution in [3.8, 4) is 17.2 Å². The molecule has 6 aliphatic rings. The van der Waals surface area contributed by atoms with Gasteiger partial charge in [0.25, 0.3) is 17.7 Å². The molecule has 6 aromatic carbocycles. The third-order valence-electron chi connectivity index (χ3n) is 23.0. The van der Waals surface area contributed by atoms with Crippen LogP contribution in [0.25, 0.3) is 0 Å². The van der Waals surface area contributed by atoms with E-state index in [1.165, 1.54) is 36.8 Å². The van der Waals surface area contributed by atoms with Crippen molar-refractivity contribution in [3.63, 3.8) is 0 Å². The van der Waals surface area contributed by atoms with Gasteiger partial charge in [0.05, 0.1) is 66.7 Å². The molecular formula is C92H100Cl3F3N6O15. The quantitative estimate of drug-likeness (QED) is 0.0495. The molecule has 0 unspecified atom stereocenters. The number of ketones is 3. The number of methoxy groups -OCH3 is 2. The van der Waals surface area contributed by atoms with Crippen LogP contribution in [0.1, 0.15) is 197 Å². The van der Waals surface area contributed by atoms with Gasteiger partial charge in [0.1, 0.15) is 37.3 Å². The number of carbonyl (C=O) groups excluding carboxylic acids is 6. The Morgan fingerprint density at radius 3 is 0.908 bits per heavy atom. The number of hydrogen-bond donors (Lipinski definition) is 1. The number of benzene rings is 6. The number of aliphatic hydroxyl groups excluding tert-OH is 1. The molecule has 27 heteroatoms. The molecule has 3 fully saturated rings. The van der Waals surface area contributed by atoms with Gasteiger partial charge in [-0.2, -0.15) is 0 Å². The highest BCUT2D eigenvalue weighted by molar-refractivity contribution is 6.31. The van der Waals surface area contributed by atoms with Crippen LogP contribution in [0.3, 0.4) is 0 Å². The molecule has 9 aromatic rings. The van der Waals surface area contributed by atoms with E-state index in [0.717, 1.165) is 16.7 Å². The standard InChI is InChI=1S/2C30H30ClFN2O5.C29H28ClFN2O5.3CH4/c2*1-3-34-29(37)26-28(39-17-19-8-5-4-6-9-19)27(36)22(16-33(26)18-30(34)14-21(15-30)38-2)24(35)13-12-20-10-7-11-23(31)25(20)32;1-2-33-28(37)25-27(38-16-18-7-4-3-5-8-18)26(36)21(15-32(25)17-29(33)13-20(34)14-29)23(35)12-11-19-9-6-10-22(30)24(19)31;;;/h2*4-11,16,21H,3,12-15,17-18H2,1-2H3;3-10,15,20,34H,2,11-14,16-17H2,1H3;3*1H4. The minimum absolute atomic E-state index is 0. The number of ether oxygens (including phenoxy) is 5. The zero-order chi connectivity index (χ0) is 82.5. The number of Topliss-reactive ketones (excluding diaryl/α,β-unsaturated/α-hetero) is 3. The Morgan fingerprint density at radius 2 is 0.664 bits per heavy atom. The first-order chi connectivity index (χ1) is 55.8. The van der Waals surface area contributed by atoms with E-state index in [1.807, 2.05) is 112 Å². The number of carbonyl (C=O) groups is 6. The maximum atomic E-state index is 14.4. The molecule has 3 aromatic heterocycles. The Hall–Kier alpha value is -10.5. The molecule has 3 aliphatic heterocycles. The summed E-state index contributed by atoms with van der Waals surface area (Å²) in [5.41, 5.74) is -0.0760. The zero-order valence-corrected chi connectivity index (χ0v) is 67.1. The molecule has 6 heterocycles. The number of rotatable bonds is 26. The summed E-state index contributed by atoms with van der Waals surface area (Å²) in [6.45, 7) is 8.31. The third-order valence-corrected chi connectivity index (χ3v) is 23.9. The predicted octanol–water partition coefficient (Wildman–Crippen LogP) is 16.4. The van der Waals surface area contributed by atoms with Gasteiger partial charge in [-0.25, -0.2) is 13.2 Å². The number of hydrogen-bond acceptors (Lipinski definition) is 15. The van der Waals surface area contributed by atoms with E-state index in [9.17, 15) is 61.4 Å². The summed E-state index contributed by atoms with van der Waals surface area (Å²) in [5, 5.41) is 9.99. The first-order valence-electron chi connectivity index (χ1n) is 38.7. The Balaban J connectivity index is 0.000000185. The number of amides is 3. The minimum Gasteiger partial charge on any atom is -0.483 e. The lowest BCUT2D eigenvalue weighted by Crippen LogP contribution is -2.66. The molecule has 0 radical (unpaired) electrons. The largest absolute Gasteiger partial charge is 0.483 e. The van der Waals surface area contributed by atoms with E-state index in [2.05, 4.69) is 0 Å². The van der Waals surface area contributed by atoms with Crippen LogP contribution in [0.5, 0.6) is 17.2 Å². The second kappa shape index (κ2) is 38.7. The first-order valence-corrected chi connectivity index (χ1v) is 39.8. The molecule has 1 N–H and O–H groups in total. The number of aryl methyl sites for hydroxylation is 3. The topological polar surface area (TPSA) is 245 Å². The van der Waals surface area contributed by atoms with E-state index < -0.39 is 73.8 Å². The number of halogens is 6. The SMILES string of the molecule is C.C.C.CCN1C(=O)c2c(OCc3ccccc3)c(=O)c(C(=O)CCc3cccc(Cl)c3F)cn2CC12CC(O)C2.CCN1C(=O)c2c(OCc3ccccc3)c(=O)c(C(=O)CCc3cccc(Cl)c3F)cn2CC12CC(OC)C2.CCN1C(=O)c2c(OCc3ccccc3)c(=O)c(C(=O)CCc3cccc(Cl)c3F)cn2CC12CC(OC)C2. The number of aromatic nitrogens is 3. The van der Waals surface area contributed by atoms with Gasteiger partial charge in [-0.15, -0.1) is 0 Å². The van der Waals surface area contributed by atoms with Gasteiger partial charge >= 0.3 is 0 Å². The predicted molar refractivity (Wildman–Crippen MR) is 450 cm³/mol. The van der Waals surface area contributed by atoms with Crippen LogP contribution >= 0.6 is 34.8 Å². The average molecular weight is 1690 g/mol. The van der Waals surface area contributed by atoms with Crippen molar-refractivity contribution in [1.29, 1.82) is 0 Å². The fourth-order valence-electron chi connectivity index (χ4n) is 17.0. The molecular weight excluding hydrogens is 1590 g/mol. The molecule has 0 bridgehead atoms. The molecule has 119 heavy (non-hydrogen) atoms. The molecule has 0 saturated heterocycles. The Labute approximate surface area is 705 Å². The number of fused-ring (bicyclic) bond motifs is 3. The fourth-order valence-corrected chi connectivity index (χ4v) is 17.5. The van der Waals surface area contributed by atoms with E-state index >= 15 is 0 Å². The molecule has 3 aliphatic carbocycles. The Morgan fingerprint density at radius 1 is 0.403 bits per heavy atom. The summed E-state index contributed by atoms with van der Waals surface area (Å²) >= 11 is 17.6. The maximum Gasteiger partial charge on any atom is 0.275 e. The number of aliphatic hydroxyl groups is 1. The summed E-state index contributed by atoms with van der Waals surface area (Å²) in [7, 11) is 3.30. The lowest BCUT2D eigenvalue weighted by Gasteiger charge is -2.56. The molecule has 3 amide bonds. The minimum atomic E-state index is -0.669. The van der Waals surface area contributed by atoms with Crippen LogP contribution in [0, 0.1) is 17.5 Å². The van der Waals surface area contributed by atoms with Crippen LogP contribution in [-0.2, 0) is 68.2 Å². The number of pyridine rings is 3. The second-order valence-electron chi connectivity index (χ2n) is 30.2. The van der Waals surface area contributed by atoms with Crippen LogP contribution < -0.4 is 30.5 Å². The molecule has 3 saturated carbocycles. The second-order valence-corrected chi connectivity index (χ2v) is 31.4. The van der Waals surface area contributed by atoms with Crippen molar-refractivity contribution >= 4 is 69.9 Å². The van der Waals surface area contributed by atoms with Crippen LogP contribution in [0.15, 0.2) is 179 Å². The maximum absolute atomic E-state index is 14.4. The van der Waals surface area contributed by atoms with Gasteiger partial charge in [0, 0.05) is 91.3 Å². The summed E-state index contributed by atoms with van der Waals surface area (Å²) in [6.07, 6.45) is 7.27. The summed E-state index contributed by atoms with van der Waals surface area (Å²) < 4.78 is 77.1. The van der Waals surface area contributed by atoms with Crippen molar-refractivity contribution in [2.24, 2.45) is 0 Å². The van der Waals surface area contributed by atoms with Crippen LogP contribution in [0.2, 0.25) is 15.1 Å². The number of nitrogens with zero attached hydrogens (tertiary/aromatic N) is 6. The lowest BCUT2D eigenvalue weighted by molar-refractivity contribution is -0.0915. The molecule has 21 nitrogen and oxygen atoms in total. The Bertz CT molecular complexity index is 5220. The zero-order valence-electron chi connectivity index (χ0n) is 64.8. The van der Waals surface area contributed by atoms with Crippen molar-refractivity contribution in [1.82, 2.24) is 28.4 Å². The van der Waals surface area contributed by atoms with Gasteiger partial charge in [0.2, 0.25) is 16.3 Å². The highest BCUT2D eigenvalue weighted by atomic mass is 35.5. The number of likely N-dealkylation sites (N-methyl/N-ethyl adjacent to an activating group) is 3. The van der Waals surface area contributed by atoms with Gasteiger partial charge in [-0.05, 0) is 130 Å². The third kappa shape index (κ3) is 18.5. The molecule has 630 valence electrons. The van der Waals surface area contributed by atoms with Gasteiger partial charge in [0.15, 0.2) is 51.7 Å². The van der Waals surface area contributed by atoms with E-state index in [-0.39, 0.29) is 182 Å². The van der Waals surface area contributed by atoms with Gasteiger partial charge in [-0.3, -0.25) is 43.2 Å². The van der Waals surface area contributed by atoms with Crippen molar-refractivity contribution in [2.45, 2.75) is 194 Å². The fraction of sp³-hybridized carbons (Fsp3) is 0.380. The summed E-state index contributed by atoms with van der Waals surface area (Å²) in [6, 6.07) is 41.6. The highest BCUT2D eigenvalue weighted by Gasteiger charge is 2.57. The molecule has 15 rings (SSSR count). The average Bonchev–Trinajstić information content (AvgIpc) is 0.726.